The molecule has 1 saturated heterocycles. The van der Waals surface area contributed by atoms with E-state index in [4.69, 9.17) is 4.74 Å². The number of benzene rings is 3. The van der Waals surface area contributed by atoms with Crippen LogP contribution >= 0.6 is 0 Å². The Balaban J connectivity index is 1.30. The summed E-state index contributed by atoms with van der Waals surface area (Å²) in [6.07, 6.45) is 2.59. The van der Waals surface area contributed by atoms with Crippen LogP contribution in [0.5, 0.6) is 5.75 Å². The molecule has 1 aliphatic heterocycles. The maximum atomic E-state index is 12.5. The number of amides is 2. The normalized spacial score (nSPS) is 14.7. The van der Waals surface area contributed by atoms with Gasteiger partial charge in [-0.3, -0.25) is 14.5 Å². The number of carbonyl (C=O) groups is 2. The summed E-state index contributed by atoms with van der Waals surface area (Å²) in [5, 5.41) is 7.94. The molecule has 1 heterocycles. The average Bonchev–Trinajstić information content (AvgIpc) is 3.38. The number of carbonyl (C=O) groups excluding carboxylic acids is 2. The van der Waals surface area contributed by atoms with Crippen molar-refractivity contribution in [2.45, 2.75) is 25.3 Å². The first kappa shape index (κ1) is 22.8. The van der Waals surface area contributed by atoms with E-state index in [1.165, 1.54) is 12.8 Å². The summed E-state index contributed by atoms with van der Waals surface area (Å²) in [5.74, 6) is 0.476. The van der Waals surface area contributed by atoms with Crippen LogP contribution in [0.4, 0.5) is 0 Å². The third-order valence-corrected chi connectivity index (χ3v) is 6.25. The Morgan fingerprint density at radius 2 is 1.64 bits per heavy atom. The van der Waals surface area contributed by atoms with Gasteiger partial charge in [0, 0.05) is 6.54 Å². The van der Waals surface area contributed by atoms with Gasteiger partial charge in [0.1, 0.15) is 5.75 Å². The van der Waals surface area contributed by atoms with Gasteiger partial charge < -0.3 is 15.4 Å². The van der Waals surface area contributed by atoms with E-state index < -0.39 is 0 Å². The quantitative estimate of drug-likeness (QED) is 0.529. The monoisotopic (exact) mass is 445 g/mol. The molecule has 2 N–H and O–H groups in total. The van der Waals surface area contributed by atoms with Crippen molar-refractivity contribution in [1.29, 1.82) is 0 Å². The standard InChI is InChI=1S/C27H31N3O3/c1-33-23-13-11-21(12-14-23)25(30-15-4-5-16-30)18-28-27(32)19-29-26(31)17-22-9-6-8-20-7-2-3-10-24(20)22/h2-3,6-14,25H,4-5,15-19H2,1H3,(H,28,32)(H,29,31). The number of nitrogens with zero attached hydrogens (tertiary/aromatic N) is 1. The van der Waals surface area contributed by atoms with Crippen LogP contribution in [0.25, 0.3) is 10.8 Å². The molecule has 2 amide bonds. The molecule has 0 aromatic heterocycles. The summed E-state index contributed by atoms with van der Waals surface area (Å²) in [7, 11) is 1.65. The van der Waals surface area contributed by atoms with Crippen molar-refractivity contribution < 1.29 is 14.3 Å². The topological polar surface area (TPSA) is 70.7 Å². The number of rotatable bonds is 9. The summed E-state index contributed by atoms with van der Waals surface area (Å²) >= 11 is 0. The van der Waals surface area contributed by atoms with Gasteiger partial charge in [0.25, 0.3) is 0 Å². The third kappa shape index (κ3) is 5.90. The van der Waals surface area contributed by atoms with Crippen LogP contribution in [-0.2, 0) is 16.0 Å². The van der Waals surface area contributed by atoms with Crippen LogP contribution in [-0.4, -0.2) is 50.0 Å². The highest BCUT2D eigenvalue weighted by molar-refractivity contribution is 5.91. The smallest absolute Gasteiger partial charge is 0.239 e. The number of hydrogen-bond donors (Lipinski definition) is 2. The molecule has 0 aliphatic carbocycles. The molecule has 1 aliphatic rings. The Morgan fingerprint density at radius 3 is 2.39 bits per heavy atom. The first-order chi connectivity index (χ1) is 16.1. The number of ether oxygens (including phenoxy) is 1. The van der Waals surface area contributed by atoms with Gasteiger partial charge in [-0.05, 0) is 60.0 Å². The fourth-order valence-corrected chi connectivity index (χ4v) is 4.47. The molecule has 0 saturated carbocycles. The van der Waals surface area contributed by atoms with E-state index in [1.807, 2.05) is 54.6 Å². The molecule has 3 aromatic rings. The van der Waals surface area contributed by atoms with E-state index in [1.54, 1.807) is 7.11 Å². The van der Waals surface area contributed by atoms with Gasteiger partial charge in [0.05, 0.1) is 26.1 Å². The predicted molar refractivity (Wildman–Crippen MR) is 130 cm³/mol. The van der Waals surface area contributed by atoms with Crippen molar-refractivity contribution in [2.24, 2.45) is 0 Å². The van der Waals surface area contributed by atoms with Crippen molar-refractivity contribution in [3.8, 4) is 5.75 Å². The van der Waals surface area contributed by atoms with Gasteiger partial charge in [0.15, 0.2) is 0 Å². The molecule has 1 unspecified atom stereocenters. The van der Waals surface area contributed by atoms with Gasteiger partial charge in [-0.1, -0.05) is 54.6 Å². The molecule has 1 atom stereocenters. The van der Waals surface area contributed by atoms with Crippen molar-refractivity contribution in [3.05, 3.63) is 77.9 Å². The lowest BCUT2D eigenvalue weighted by atomic mass is 10.0. The van der Waals surface area contributed by atoms with Crippen molar-refractivity contribution in [2.75, 3.05) is 33.3 Å². The number of likely N-dealkylation sites (tertiary alicyclic amines) is 1. The fourth-order valence-electron chi connectivity index (χ4n) is 4.47. The zero-order chi connectivity index (χ0) is 23.0. The van der Waals surface area contributed by atoms with Gasteiger partial charge in [-0.25, -0.2) is 0 Å². The summed E-state index contributed by atoms with van der Waals surface area (Å²) in [5.41, 5.74) is 2.11. The lowest BCUT2D eigenvalue weighted by Gasteiger charge is -2.28. The Morgan fingerprint density at radius 1 is 0.909 bits per heavy atom. The Bertz CT molecular complexity index is 1090. The Kier molecular flexibility index (Phi) is 7.58. The molecule has 6 heteroatoms. The molecule has 3 aromatic carbocycles. The van der Waals surface area contributed by atoms with Gasteiger partial charge in [-0.2, -0.15) is 0 Å². The van der Waals surface area contributed by atoms with Crippen LogP contribution in [0.15, 0.2) is 66.7 Å². The molecular formula is C27H31N3O3. The van der Waals surface area contributed by atoms with Gasteiger partial charge in [-0.15, -0.1) is 0 Å². The molecule has 0 radical (unpaired) electrons. The van der Waals surface area contributed by atoms with Crippen molar-refractivity contribution >= 4 is 22.6 Å². The van der Waals surface area contributed by atoms with Crippen molar-refractivity contribution in [1.82, 2.24) is 15.5 Å². The van der Waals surface area contributed by atoms with Crippen LogP contribution in [0.2, 0.25) is 0 Å². The SMILES string of the molecule is COc1ccc(C(CNC(=O)CNC(=O)Cc2cccc3ccccc23)N2CCCC2)cc1. The summed E-state index contributed by atoms with van der Waals surface area (Å²) in [4.78, 5) is 27.4. The second-order valence-electron chi connectivity index (χ2n) is 8.43. The maximum Gasteiger partial charge on any atom is 0.239 e. The highest BCUT2D eigenvalue weighted by Crippen LogP contribution is 2.26. The molecule has 172 valence electrons. The summed E-state index contributed by atoms with van der Waals surface area (Å²) in [6.45, 7) is 2.52. The molecule has 6 nitrogen and oxygen atoms in total. The third-order valence-electron chi connectivity index (χ3n) is 6.25. The van der Waals surface area contributed by atoms with Crippen molar-refractivity contribution in [3.63, 3.8) is 0 Å². The highest BCUT2D eigenvalue weighted by atomic mass is 16.5. The van der Waals surface area contributed by atoms with E-state index in [2.05, 4.69) is 27.7 Å². The average molecular weight is 446 g/mol. The predicted octanol–water partition coefficient (Wildman–Crippen LogP) is 3.46. The lowest BCUT2D eigenvalue weighted by Crippen LogP contribution is -2.41. The molecule has 0 spiro atoms. The van der Waals surface area contributed by atoms with Crippen LogP contribution in [0.1, 0.15) is 30.0 Å². The largest absolute Gasteiger partial charge is 0.497 e. The minimum Gasteiger partial charge on any atom is -0.497 e. The minimum absolute atomic E-state index is 0.0288. The summed E-state index contributed by atoms with van der Waals surface area (Å²) < 4.78 is 5.27. The second-order valence-corrected chi connectivity index (χ2v) is 8.43. The number of methoxy groups -OCH3 is 1. The zero-order valence-corrected chi connectivity index (χ0v) is 19.0. The first-order valence-electron chi connectivity index (χ1n) is 11.5. The van der Waals surface area contributed by atoms with E-state index >= 15 is 0 Å². The van der Waals surface area contributed by atoms with E-state index in [9.17, 15) is 9.59 Å². The van der Waals surface area contributed by atoms with E-state index in [0.717, 1.165) is 40.7 Å². The Labute approximate surface area is 194 Å². The van der Waals surface area contributed by atoms with Gasteiger partial charge >= 0.3 is 0 Å². The number of fused-ring (bicyclic) bond motifs is 1. The molecular weight excluding hydrogens is 414 g/mol. The van der Waals surface area contributed by atoms with Gasteiger partial charge in [0.2, 0.25) is 11.8 Å². The van der Waals surface area contributed by atoms with Crippen LogP contribution in [0.3, 0.4) is 0 Å². The fraction of sp³-hybridized carbons (Fsp3) is 0.333. The number of nitrogens with one attached hydrogen (secondary N) is 2. The molecule has 33 heavy (non-hydrogen) atoms. The summed E-state index contributed by atoms with van der Waals surface area (Å²) in [6, 6.07) is 22.1. The van der Waals surface area contributed by atoms with E-state index in [0.29, 0.717) is 6.54 Å². The first-order valence-corrected chi connectivity index (χ1v) is 11.5. The van der Waals surface area contributed by atoms with Crippen LogP contribution < -0.4 is 15.4 Å². The second kappa shape index (κ2) is 11.0. The maximum absolute atomic E-state index is 12.5. The Hall–Kier alpha value is -3.38. The molecule has 1 fully saturated rings. The number of hydrogen-bond acceptors (Lipinski definition) is 4. The van der Waals surface area contributed by atoms with Crippen LogP contribution in [0, 0.1) is 0 Å². The van der Waals surface area contributed by atoms with E-state index in [-0.39, 0.29) is 30.8 Å². The minimum atomic E-state index is -0.182. The lowest BCUT2D eigenvalue weighted by molar-refractivity contribution is -0.125. The zero-order valence-electron chi connectivity index (χ0n) is 19.0. The highest BCUT2D eigenvalue weighted by Gasteiger charge is 2.24. The molecule has 4 rings (SSSR count). The molecule has 0 bridgehead atoms.